The van der Waals surface area contributed by atoms with Gasteiger partial charge in [0.2, 0.25) is 0 Å². The largest absolute Gasteiger partial charge is 0.493 e. The number of aliphatic hydroxyl groups is 1. The molecule has 1 aliphatic heterocycles. The highest BCUT2D eigenvalue weighted by Crippen LogP contribution is 2.28. The van der Waals surface area contributed by atoms with Crippen LogP contribution in [0.5, 0.6) is 11.5 Å². The van der Waals surface area contributed by atoms with Crippen LogP contribution in [0, 0.1) is 0 Å². The van der Waals surface area contributed by atoms with Gasteiger partial charge < -0.3 is 19.3 Å². The van der Waals surface area contributed by atoms with Gasteiger partial charge in [0, 0.05) is 0 Å². The van der Waals surface area contributed by atoms with Crippen molar-refractivity contribution >= 4 is 0 Å². The minimum absolute atomic E-state index is 0.00236. The molecule has 0 aliphatic carbocycles. The number of rotatable bonds is 5. The van der Waals surface area contributed by atoms with Gasteiger partial charge in [-0.1, -0.05) is 6.07 Å². The zero-order valence-corrected chi connectivity index (χ0v) is 8.60. The second-order valence-electron chi connectivity index (χ2n) is 3.41. The zero-order valence-electron chi connectivity index (χ0n) is 8.60. The van der Waals surface area contributed by atoms with E-state index < -0.39 is 0 Å². The number of epoxide rings is 1. The van der Waals surface area contributed by atoms with Crippen LogP contribution in [-0.4, -0.2) is 31.5 Å². The molecule has 0 aromatic heterocycles. The molecule has 0 radical (unpaired) electrons. The molecule has 1 aromatic carbocycles. The van der Waals surface area contributed by atoms with Crippen LogP contribution in [0.4, 0.5) is 0 Å². The predicted molar refractivity (Wildman–Crippen MR) is 54.2 cm³/mol. The lowest BCUT2D eigenvalue weighted by molar-refractivity contribution is 0.250. The van der Waals surface area contributed by atoms with Gasteiger partial charge in [-0.05, 0) is 17.7 Å². The maximum absolute atomic E-state index is 8.96. The third kappa shape index (κ3) is 2.61. The molecule has 0 amide bonds. The molecule has 1 aliphatic rings. The molecule has 4 heteroatoms. The van der Waals surface area contributed by atoms with Crippen molar-refractivity contribution in [3.8, 4) is 11.5 Å². The summed E-state index contributed by atoms with van der Waals surface area (Å²) in [5.41, 5.74) is 0.807. The first-order valence-electron chi connectivity index (χ1n) is 4.85. The number of benzene rings is 1. The molecular weight excluding hydrogens is 196 g/mol. The molecule has 1 N–H and O–H groups in total. The molecular formula is C11H14O4. The smallest absolute Gasteiger partial charge is 0.161 e. The Hall–Kier alpha value is -1.26. The van der Waals surface area contributed by atoms with Gasteiger partial charge in [-0.2, -0.15) is 0 Å². The van der Waals surface area contributed by atoms with E-state index >= 15 is 0 Å². The molecule has 0 bridgehead atoms. The van der Waals surface area contributed by atoms with Crippen LogP contribution in [0.15, 0.2) is 18.2 Å². The fourth-order valence-electron chi connectivity index (χ4n) is 1.28. The standard InChI is InChI=1S/C11H14O4/c1-13-11-4-8(5-12)2-3-10(11)15-7-9-6-14-9/h2-4,9,12H,5-7H2,1H3. The second kappa shape index (κ2) is 4.51. The number of ether oxygens (including phenoxy) is 3. The normalized spacial score (nSPS) is 18.7. The average molecular weight is 210 g/mol. The van der Waals surface area contributed by atoms with E-state index in [1.54, 1.807) is 19.2 Å². The monoisotopic (exact) mass is 210 g/mol. The molecule has 0 spiro atoms. The number of aliphatic hydroxyl groups excluding tert-OH is 1. The second-order valence-corrected chi connectivity index (χ2v) is 3.41. The summed E-state index contributed by atoms with van der Waals surface area (Å²) in [7, 11) is 1.58. The quantitative estimate of drug-likeness (QED) is 0.735. The maximum atomic E-state index is 8.96. The predicted octanol–water partition coefficient (Wildman–Crippen LogP) is 0.965. The Balaban J connectivity index is 2.06. The fraction of sp³-hybridized carbons (Fsp3) is 0.455. The molecule has 1 unspecified atom stereocenters. The molecule has 1 atom stereocenters. The lowest BCUT2D eigenvalue weighted by atomic mass is 10.2. The van der Waals surface area contributed by atoms with Crippen LogP contribution >= 0.6 is 0 Å². The van der Waals surface area contributed by atoms with Gasteiger partial charge in [0.1, 0.15) is 12.7 Å². The van der Waals surface area contributed by atoms with Crippen molar-refractivity contribution in [1.29, 1.82) is 0 Å². The molecule has 1 aromatic rings. The number of methoxy groups -OCH3 is 1. The van der Waals surface area contributed by atoms with E-state index in [2.05, 4.69) is 0 Å². The third-order valence-corrected chi connectivity index (χ3v) is 2.24. The summed E-state index contributed by atoms with van der Waals surface area (Å²) < 4.78 is 15.7. The zero-order chi connectivity index (χ0) is 10.7. The Morgan fingerprint density at radius 3 is 2.87 bits per heavy atom. The van der Waals surface area contributed by atoms with E-state index in [-0.39, 0.29) is 12.7 Å². The summed E-state index contributed by atoms with van der Waals surface area (Å²) in [4.78, 5) is 0. The summed E-state index contributed by atoms with van der Waals surface area (Å²) in [6.07, 6.45) is 0.229. The first-order valence-corrected chi connectivity index (χ1v) is 4.85. The van der Waals surface area contributed by atoms with Crippen molar-refractivity contribution in [3.63, 3.8) is 0 Å². The van der Waals surface area contributed by atoms with Crippen molar-refractivity contribution in [2.75, 3.05) is 20.3 Å². The summed E-state index contributed by atoms with van der Waals surface area (Å²) in [5.74, 6) is 1.33. The molecule has 4 nitrogen and oxygen atoms in total. The molecule has 2 rings (SSSR count). The Bertz CT molecular complexity index is 333. The van der Waals surface area contributed by atoms with Gasteiger partial charge in [-0.25, -0.2) is 0 Å². The highest BCUT2D eigenvalue weighted by Gasteiger charge is 2.23. The molecule has 1 saturated heterocycles. The van der Waals surface area contributed by atoms with Crippen LogP contribution in [0.3, 0.4) is 0 Å². The van der Waals surface area contributed by atoms with Gasteiger partial charge in [0.15, 0.2) is 11.5 Å². The van der Waals surface area contributed by atoms with Gasteiger partial charge in [0.25, 0.3) is 0 Å². The first-order chi connectivity index (χ1) is 7.33. The summed E-state index contributed by atoms with van der Waals surface area (Å²) in [6.45, 7) is 1.33. The van der Waals surface area contributed by atoms with Gasteiger partial charge in [-0.15, -0.1) is 0 Å². The minimum atomic E-state index is 0.00236. The van der Waals surface area contributed by atoms with E-state index in [0.717, 1.165) is 12.2 Å². The summed E-state index contributed by atoms with van der Waals surface area (Å²) >= 11 is 0. The van der Waals surface area contributed by atoms with Crippen LogP contribution in [0.2, 0.25) is 0 Å². The average Bonchev–Trinajstić information content (AvgIpc) is 3.10. The van der Waals surface area contributed by atoms with Crippen molar-refractivity contribution in [3.05, 3.63) is 23.8 Å². The Kier molecular flexibility index (Phi) is 3.08. The van der Waals surface area contributed by atoms with Crippen LogP contribution in [0.25, 0.3) is 0 Å². The lowest BCUT2D eigenvalue weighted by Crippen LogP contribution is -2.05. The molecule has 82 valence electrons. The van der Waals surface area contributed by atoms with Gasteiger partial charge in [0.05, 0.1) is 20.3 Å². The number of hydrogen-bond donors (Lipinski definition) is 1. The van der Waals surface area contributed by atoms with Crippen LogP contribution in [-0.2, 0) is 11.3 Å². The van der Waals surface area contributed by atoms with E-state index in [9.17, 15) is 0 Å². The fourth-order valence-corrected chi connectivity index (χ4v) is 1.28. The number of hydrogen-bond acceptors (Lipinski definition) is 4. The highest BCUT2D eigenvalue weighted by atomic mass is 16.6. The van der Waals surface area contributed by atoms with E-state index in [4.69, 9.17) is 19.3 Å². The van der Waals surface area contributed by atoms with E-state index in [0.29, 0.717) is 18.1 Å². The minimum Gasteiger partial charge on any atom is -0.493 e. The Labute approximate surface area is 88.4 Å². The van der Waals surface area contributed by atoms with Crippen molar-refractivity contribution in [2.45, 2.75) is 12.7 Å². The highest BCUT2D eigenvalue weighted by molar-refractivity contribution is 5.42. The summed E-state index contributed by atoms with van der Waals surface area (Å²) in [6, 6.07) is 5.38. The molecule has 1 fully saturated rings. The third-order valence-electron chi connectivity index (χ3n) is 2.24. The van der Waals surface area contributed by atoms with Crippen LogP contribution in [0.1, 0.15) is 5.56 Å². The summed E-state index contributed by atoms with van der Waals surface area (Å²) in [5, 5.41) is 8.96. The van der Waals surface area contributed by atoms with Crippen molar-refractivity contribution in [1.82, 2.24) is 0 Å². The first kappa shape index (κ1) is 10.3. The van der Waals surface area contributed by atoms with Crippen molar-refractivity contribution in [2.24, 2.45) is 0 Å². The van der Waals surface area contributed by atoms with Crippen LogP contribution < -0.4 is 9.47 Å². The molecule has 15 heavy (non-hydrogen) atoms. The van der Waals surface area contributed by atoms with Gasteiger partial charge >= 0.3 is 0 Å². The van der Waals surface area contributed by atoms with E-state index in [1.165, 1.54) is 0 Å². The Morgan fingerprint density at radius 2 is 2.27 bits per heavy atom. The molecule has 0 saturated carbocycles. The van der Waals surface area contributed by atoms with Gasteiger partial charge in [-0.3, -0.25) is 0 Å². The maximum Gasteiger partial charge on any atom is 0.161 e. The van der Waals surface area contributed by atoms with E-state index in [1.807, 2.05) is 6.07 Å². The topological polar surface area (TPSA) is 51.2 Å². The molecule has 1 heterocycles. The lowest BCUT2D eigenvalue weighted by Gasteiger charge is -2.10. The SMILES string of the molecule is COc1cc(CO)ccc1OCC1CO1. The Morgan fingerprint density at radius 1 is 1.47 bits per heavy atom. The van der Waals surface area contributed by atoms with Crippen molar-refractivity contribution < 1.29 is 19.3 Å².